The standard InChI is InChI=1S/C17H24BrN5O3S/c1-4-20-27(25,26)13-7-5-12(6-8-13)21-17-19-9-14(18)16(23-17)22-15(10-24)11(2)3/h5-9,11,15,20,24H,4,10H2,1-3H3,(H2,19,21,22,23)/t15-/m0/s1. The van der Waals surface area contributed by atoms with E-state index in [1.807, 2.05) is 13.8 Å². The molecule has 0 amide bonds. The quantitative estimate of drug-likeness (QED) is 0.457. The third kappa shape index (κ3) is 5.86. The molecule has 0 aliphatic rings. The average Bonchev–Trinajstić information content (AvgIpc) is 2.62. The van der Waals surface area contributed by atoms with Crippen LogP contribution in [0.1, 0.15) is 20.8 Å². The van der Waals surface area contributed by atoms with Crippen LogP contribution in [-0.2, 0) is 10.0 Å². The molecule has 1 aromatic carbocycles. The highest BCUT2D eigenvalue weighted by Crippen LogP contribution is 2.24. The lowest BCUT2D eigenvalue weighted by atomic mass is 10.1. The zero-order valence-electron chi connectivity index (χ0n) is 15.4. The molecule has 4 N–H and O–H groups in total. The van der Waals surface area contributed by atoms with Crippen molar-refractivity contribution < 1.29 is 13.5 Å². The van der Waals surface area contributed by atoms with Gasteiger partial charge in [-0.3, -0.25) is 0 Å². The second kappa shape index (κ2) is 9.45. The van der Waals surface area contributed by atoms with Crippen LogP contribution >= 0.6 is 15.9 Å². The van der Waals surface area contributed by atoms with Gasteiger partial charge in [-0.15, -0.1) is 0 Å². The lowest BCUT2D eigenvalue weighted by Crippen LogP contribution is -2.30. The topological polar surface area (TPSA) is 116 Å². The first-order valence-corrected chi connectivity index (χ1v) is 10.8. The van der Waals surface area contributed by atoms with Gasteiger partial charge in [-0.1, -0.05) is 20.8 Å². The van der Waals surface area contributed by atoms with E-state index in [0.717, 1.165) is 0 Å². The number of aliphatic hydroxyl groups is 1. The highest BCUT2D eigenvalue weighted by atomic mass is 79.9. The van der Waals surface area contributed by atoms with Gasteiger partial charge in [0.2, 0.25) is 16.0 Å². The van der Waals surface area contributed by atoms with Crippen LogP contribution < -0.4 is 15.4 Å². The summed E-state index contributed by atoms with van der Waals surface area (Å²) < 4.78 is 27.1. The summed E-state index contributed by atoms with van der Waals surface area (Å²) in [6.07, 6.45) is 1.61. The van der Waals surface area contributed by atoms with Gasteiger partial charge < -0.3 is 15.7 Å². The second-order valence-corrected chi connectivity index (χ2v) is 8.84. The number of nitrogens with one attached hydrogen (secondary N) is 3. The largest absolute Gasteiger partial charge is 0.394 e. The van der Waals surface area contributed by atoms with Crippen molar-refractivity contribution >= 4 is 43.4 Å². The van der Waals surface area contributed by atoms with Gasteiger partial charge in [0.1, 0.15) is 5.82 Å². The Bertz CT molecular complexity index is 859. The molecule has 10 heteroatoms. The van der Waals surface area contributed by atoms with Crippen LogP contribution in [-0.4, -0.2) is 42.7 Å². The van der Waals surface area contributed by atoms with Gasteiger partial charge in [0.25, 0.3) is 0 Å². The van der Waals surface area contributed by atoms with E-state index in [9.17, 15) is 13.5 Å². The minimum Gasteiger partial charge on any atom is -0.394 e. The van der Waals surface area contributed by atoms with Crippen LogP contribution in [0.4, 0.5) is 17.5 Å². The monoisotopic (exact) mass is 457 g/mol. The summed E-state index contributed by atoms with van der Waals surface area (Å²) in [5.74, 6) is 1.13. The van der Waals surface area contributed by atoms with Gasteiger partial charge in [-0.05, 0) is 46.1 Å². The Labute approximate surface area is 168 Å². The minimum atomic E-state index is -3.49. The molecule has 0 spiro atoms. The fraction of sp³-hybridized carbons (Fsp3) is 0.412. The molecule has 148 valence electrons. The molecule has 27 heavy (non-hydrogen) atoms. The number of halogens is 1. The zero-order chi connectivity index (χ0) is 20.0. The SMILES string of the molecule is CCNS(=O)(=O)c1ccc(Nc2ncc(Br)c(N[C@@H](CO)C(C)C)n2)cc1. The van der Waals surface area contributed by atoms with Gasteiger partial charge in [0.15, 0.2) is 0 Å². The van der Waals surface area contributed by atoms with E-state index in [2.05, 4.69) is 41.3 Å². The summed E-state index contributed by atoms with van der Waals surface area (Å²) in [7, 11) is -3.49. The van der Waals surface area contributed by atoms with E-state index in [1.54, 1.807) is 25.3 Å². The molecule has 0 aliphatic carbocycles. The predicted molar refractivity (Wildman–Crippen MR) is 110 cm³/mol. The molecule has 1 heterocycles. The molecule has 2 rings (SSSR count). The van der Waals surface area contributed by atoms with Crippen LogP contribution in [0.3, 0.4) is 0 Å². The number of anilines is 3. The van der Waals surface area contributed by atoms with Crippen molar-refractivity contribution in [1.29, 1.82) is 0 Å². The van der Waals surface area contributed by atoms with Gasteiger partial charge in [-0.25, -0.2) is 18.1 Å². The van der Waals surface area contributed by atoms with E-state index < -0.39 is 10.0 Å². The number of sulfonamides is 1. The Morgan fingerprint density at radius 2 is 1.89 bits per heavy atom. The number of hydrogen-bond donors (Lipinski definition) is 4. The Balaban J connectivity index is 2.17. The van der Waals surface area contributed by atoms with Crippen molar-refractivity contribution in [2.75, 3.05) is 23.8 Å². The number of rotatable bonds is 9. The number of aliphatic hydroxyl groups excluding tert-OH is 1. The molecule has 0 saturated carbocycles. The summed E-state index contributed by atoms with van der Waals surface area (Å²) in [5, 5.41) is 15.7. The highest BCUT2D eigenvalue weighted by Gasteiger charge is 2.15. The lowest BCUT2D eigenvalue weighted by Gasteiger charge is -2.21. The van der Waals surface area contributed by atoms with E-state index in [4.69, 9.17) is 0 Å². The molecule has 1 aromatic heterocycles. The molecule has 0 radical (unpaired) electrons. The molecular weight excluding hydrogens is 434 g/mol. The summed E-state index contributed by atoms with van der Waals surface area (Å²) in [5.41, 5.74) is 0.654. The van der Waals surface area contributed by atoms with Crippen molar-refractivity contribution in [2.45, 2.75) is 31.7 Å². The van der Waals surface area contributed by atoms with E-state index in [1.165, 1.54) is 12.1 Å². The molecule has 0 bridgehead atoms. The normalized spacial score (nSPS) is 12.8. The molecule has 0 saturated heterocycles. The van der Waals surface area contributed by atoms with Gasteiger partial charge in [0.05, 0.1) is 22.0 Å². The molecule has 0 unspecified atom stereocenters. The fourth-order valence-electron chi connectivity index (χ4n) is 2.25. The second-order valence-electron chi connectivity index (χ2n) is 6.22. The van der Waals surface area contributed by atoms with Crippen LogP contribution in [0.15, 0.2) is 39.8 Å². The van der Waals surface area contributed by atoms with E-state index in [0.29, 0.717) is 28.5 Å². The van der Waals surface area contributed by atoms with Crippen LogP contribution in [0.2, 0.25) is 0 Å². The first-order valence-electron chi connectivity index (χ1n) is 8.53. The molecule has 1 atom stereocenters. The Morgan fingerprint density at radius 3 is 2.44 bits per heavy atom. The van der Waals surface area contributed by atoms with Crippen molar-refractivity contribution in [2.24, 2.45) is 5.92 Å². The smallest absolute Gasteiger partial charge is 0.240 e. The molecule has 8 nitrogen and oxygen atoms in total. The number of hydrogen-bond acceptors (Lipinski definition) is 7. The third-order valence-corrected chi connectivity index (χ3v) is 5.96. The van der Waals surface area contributed by atoms with Crippen LogP contribution in [0, 0.1) is 5.92 Å². The summed E-state index contributed by atoms with van der Waals surface area (Å²) in [6.45, 7) is 6.05. The maximum Gasteiger partial charge on any atom is 0.240 e. The number of nitrogens with zero attached hydrogens (tertiary/aromatic N) is 2. The van der Waals surface area contributed by atoms with Crippen LogP contribution in [0.5, 0.6) is 0 Å². The number of aromatic nitrogens is 2. The highest BCUT2D eigenvalue weighted by molar-refractivity contribution is 9.10. The number of benzene rings is 1. The first kappa shape index (κ1) is 21.5. The van der Waals surface area contributed by atoms with Gasteiger partial charge in [0, 0.05) is 18.4 Å². The van der Waals surface area contributed by atoms with Gasteiger partial charge >= 0.3 is 0 Å². The summed E-state index contributed by atoms with van der Waals surface area (Å²) in [4.78, 5) is 8.82. The minimum absolute atomic E-state index is 0.0153. The maximum atomic E-state index is 12.0. The van der Waals surface area contributed by atoms with Crippen molar-refractivity contribution in [3.63, 3.8) is 0 Å². The molecule has 2 aromatic rings. The molecule has 0 aliphatic heterocycles. The summed E-state index contributed by atoms with van der Waals surface area (Å²) >= 11 is 3.40. The Kier molecular flexibility index (Phi) is 7.54. The third-order valence-electron chi connectivity index (χ3n) is 3.82. The van der Waals surface area contributed by atoms with E-state index >= 15 is 0 Å². The lowest BCUT2D eigenvalue weighted by molar-refractivity contribution is 0.249. The van der Waals surface area contributed by atoms with Crippen molar-refractivity contribution in [3.05, 3.63) is 34.9 Å². The zero-order valence-corrected chi connectivity index (χ0v) is 17.8. The first-order chi connectivity index (χ1) is 12.8. The van der Waals surface area contributed by atoms with Crippen molar-refractivity contribution in [3.8, 4) is 0 Å². The van der Waals surface area contributed by atoms with Crippen LogP contribution in [0.25, 0.3) is 0 Å². The Hall–Kier alpha value is -1.75. The predicted octanol–water partition coefficient (Wildman–Crippen LogP) is 2.71. The fourth-order valence-corrected chi connectivity index (χ4v) is 3.59. The van der Waals surface area contributed by atoms with Crippen molar-refractivity contribution in [1.82, 2.24) is 14.7 Å². The van der Waals surface area contributed by atoms with Gasteiger partial charge in [-0.2, -0.15) is 4.98 Å². The molecule has 0 fully saturated rings. The summed E-state index contributed by atoms with van der Waals surface area (Å²) in [6, 6.07) is 6.18. The maximum absolute atomic E-state index is 12.0. The molecular formula is C17H24BrN5O3S. The Morgan fingerprint density at radius 1 is 1.22 bits per heavy atom. The van der Waals surface area contributed by atoms with E-state index in [-0.39, 0.29) is 23.5 Å². The average molecular weight is 458 g/mol.